The summed E-state index contributed by atoms with van der Waals surface area (Å²) in [5, 5.41) is 3.77. The van der Waals surface area contributed by atoms with Crippen LogP contribution in [0.1, 0.15) is 32.6 Å². The highest BCUT2D eigenvalue weighted by atomic mass is 15.2. The minimum atomic E-state index is 0.775. The molecule has 94 valence electrons. The van der Waals surface area contributed by atoms with Gasteiger partial charge in [0.2, 0.25) is 0 Å². The lowest BCUT2D eigenvalue weighted by Crippen LogP contribution is -2.46. The highest BCUT2D eigenvalue weighted by Gasteiger charge is 2.23. The molecule has 0 aliphatic carbocycles. The van der Waals surface area contributed by atoms with Crippen molar-refractivity contribution in [3.63, 3.8) is 0 Å². The van der Waals surface area contributed by atoms with Crippen molar-refractivity contribution in [3.8, 4) is 0 Å². The van der Waals surface area contributed by atoms with Crippen LogP contribution in [0.5, 0.6) is 0 Å². The Hall–Kier alpha value is -0.120. The molecule has 3 nitrogen and oxygen atoms in total. The van der Waals surface area contributed by atoms with Gasteiger partial charge in [0.05, 0.1) is 0 Å². The van der Waals surface area contributed by atoms with Crippen LogP contribution in [0.4, 0.5) is 0 Å². The predicted molar refractivity (Wildman–Crippen MR) is 68.8 cm³/mol. The molecule has 0 spiro atoms. The lowest BCUT2D eigenvalue weighted by atomic mass is 10.0. The molecule has 0 bridgehead atoms. The van der Waals surface area contributed by atoms with Gasteiger partial charge in [-0.05, 0) is 58.9 Å². The Morgan fingerprint density at radius 2 is 1.88 bits per heavy atom. The van der Waals surface area contributed by atoms with E-state index in [4.69, 9.17) is 0 Å². The molecule has 2 fully saturated rings. The fourth-order valence-corrected chi connectivity index (χ4v) is 2.99. The average molecular weight is 225 g/mol. The minimum absolute atomic E-state index is 0.775. The molecule has 0 saturated carbocycles. The first-order chi connectivity index (χ1) is 7.79. The van der Waals surface area contributed by atoms with Crippen LogP contribution in [-0.2, 0) is 0 Å². The molecule has 1 N–H and O–H groups in total. The summed E-state index contributed by atoms with van der Waals surface area (Å²) in [6.07, 6.45) is 5.45. The zero-order valence-electron chi connectivity index (χ0n) is 10.9. The van der Waals surface area contributed by atoms with Crippen LogP contribution in [0.25, 0.3) is 0 Å². The summed E-state index contributed by atoms with van der Waals surface area (Å²) in [6, 6.07) is 1.57. The van der Waals surface area contributed by atoms with Crippen LogP contribution in [0.15, 0.2) is 0 Å². The van der Waals surface area contributed by atoms with Gasteiger partial charge in [-0.3, -0.25) is 0 Å². The largest absolute Gasteiger partial charge is 0.312 e. The van der Waals surface area contributed by atoms with Gasteiger partial charge in [0.1, 0.15) is 0 Å². The van der Waals surface area contributed by atoms with Gasteiger partial charge in [-0.2, -0.15) is 0 Å². The van der Waals surface area contributed by atoms with E-state index < -0.39 is 0 Å². The maximum atomic E-state index is 3.77. The monoisotopic (exact) mass is 225 g/mol. The summed E-state index contributed by atoms with van der Waals surface area (Å²) < 4.78 is 0. The highest BCUT2D eigenvalue weighted by Crippen LogP contribution is 2.15. The summed E-state index contributed by atoms with van der Waals surface area (Å²) in [6.45, 7) is 8.55. The Morgan fingerprint density at radius 3 is 2.44 bits per heavy atom. The van der Waals surface area contributed by atoms with Crippen molar-refractivity contribution in [1.29, 1.82) is 0 Å². The third kappa shape index (κ3) is 3.19. The van der Waals surface area contributed by atoms with Crippen molar-refractivity contribution < 1.29 is 0 Å². The smallest absolute Gasteiger partial charge is 0.0218 e. The third-order valence-corrected chi connectivity index (χ3v) is 4.35. The molecule has 0 aromatic rings. The zero-order valence-corrected chi connectivity index (χ0v) is 10.9. The maximum Gasteiger partial charge on any atom is 0.0218 e. The molecule has 0 aromatic carbocycles. The summed E-state index contributed by atoms with van der Waals surface area (Å²) in [5.41, 5.74) is 0. The number of piperidine rings is 1. The molecular formula is C13H27N3. The number of rotatable bonds is 4. The van der Waals surface area contributed by atoms with Crippen LogP contribution in [0.3, 0.4) is 0 Å². The van der Waals surface area contributed by atoms with E-state index in [1.165, 1.54) is 58.4 Å². The lowest BCUT2D eigenvalue weighted by Gasteiger charge is -2.32. The van der Waals surface area contributed by atoms with Crippen LogP contribution >= 0.6 is 0 Å². The molecule has 2 aliphatic heterocycles. The molecule has 2 saturated heterocycles. The number of hydrogen-bond acceptors (Lipinski definition) is 3. The van der Waals surface area contributed by atoms with E-state index in [0.29, 0.717) is 0 Å². The predicted octanol–water partition coefficient (Wildman–Crippen LogP) is 1.15. The molecule has 1 unspecified atom stereocenters. The first kappa shape index (κ1) is 12.3. The van der Waals surface area contributed by atoms with Gasteiger partial charge in [-0.1, -0.05) is 6.92 Å². The normalized spacial score (nSPS) is 30.0. The summed E-state index contributed by atoms with van der Waals surface area (Å²) >= 11 is 0. The summed E-state index contributed by atoms with van der Waals surface area (Å²) in [5.74, 6) is 0. The van der Waals surface area contributed by atoms with Crippen molar-refractivity contribution in [3.05, 3.63) is 0 Å². The Balaban J connectivity index is 1.63. The molecule has 0 amide bonds. The lowest BCUT2D eigenvalue weighted by molar-refractivity contribution is 0.197. The second kappa shape index (κ2) is 5.99. The van der Waals surface area contributed by atoms with Crippen molar-refractivity contribution in [2.45, 2.75) is 44.7 Å². The van der Waals surface area contributed by atoms with Crippen molar-refractivity contribution in [2.75, 3.05) is 39.8 Å². The maximum absolute atomic E-state index is 3.77. The van der Waals surface area contributed by atoms with Gasteiger partial charge < -0.3 is 15.1 Å². The number of nitrogens with zero attached hydrogens (tertiary/aromatic N) is 2. The van der Waals surface area contributed by atoms with E-state index in [2.05, 4.69) is 29.1 Å². The highest BCUT2D eigenvalue weighted by molar-refractivity contribution is 4.82. The number of hydrogen-bond donors (Lipinski definition) is 1. The van der Waals surface area contributed by atoms with E-state index in [0.717, 1.165) is 12.1 Å². The molecule has 3 heteroatoms. The van der Waals surface area contributed by atoms with E-state index >= 15 is 0 Å². The van der Waals surface area contributed by atoms with Crippen LogP contribution in [0, 0.1) is 0 Å². The van der Waals surface area contributed by atoms with Gasteiger partial charge in [0, 0.05) is 18.6 Å². The first-order valence-electron chi connectivity index (χ1n) is 6.95. The SMILES string of the molecule is CCN1CCC(NCC2CCCN2C)CC1. The molecule has 0 aromatic heterocycles. The van der Waals surface area contributed by atoms with Crippen LogP contribution in [-0.4, -0.2) is 61.7 Å². The zero-order chi connectivity index (χ0) is 11.4. The summed E-state index contributed by atoms with van der Waals surface area (Å²) in [4.78, 5) is 5.06. The fraction of sp³-hybridized carbons (Fsp3) is 1.00. The van der Waals surface area contributed by atoms with Crippen molar-refractivity contribution >= 4 is 0 Å². The minimum Gasteiger partial charge on any atom is -0.312 e. The van der Waals surface area contributed by atoms with E-state index in [1.54, 1.807) is 0 Å². The Morgan fingerprint density at radius 1 is 1.12 bits per heavy atom. The Bertz CT molecular complexity index is 199. The van der Waals surface area contributed by atoms with Gasteiger partial charge in [-0.25, -0.2) is 0 Å². The quantitative estimate of drug-likeness (QED) is 0.774. The standard InChI is InChI=1S/C13H27N3/c1-3-16-9-6-12(7-10-16)14-11-13-5-4-8-15(13)2/h12-14H,3-11H2,1-2H3. The van der Waals surface area contributed by atoms with Crippen molar-refractivity contribution in [2.24, 2.45) is 0 Å². The average Bonchev–Trinajstić information content (AvgIpc) is 2.73. The third-order valence-electron chi connectivity index (χ3n) is 4.35. The molecule has 16 heavy (non-hydrogen) atoms. The molecule has 2 rings (SSSR count). The Labute approximate surface area is 100 Å². The van der Waals surface area contributed by atoms with Gasteiger partial charge in [0.25, 0.3) is 0 Å². The van der Waals surface area contributed by atoms with Crippen LogP contribution in [0.2, 0.25) is 0 Å². The summed E-state index contributed by atoms with van der Waals surface area (Å²) in [7, 11) is 2.26. The molecule has 2 aliphatic rings. The molecule has 2 heterocycles. The topological polar surface area (TPSA) is 18.5 Å². The van der Waals surface area contributed by atoms with Crippen LogP contribution < -0.4 is 5.32 Å². The first-order valence-corrected chi connectivity index (χ1v) is 6.95. The van der Waals surface area contributed by atoms with E-state index in [1.807, 2.05) is 0 Å². The van der Waals surface area contributed by atoms with Gasteiger partial charge >= 0.3 is 0 Å². The van der Waals surface area contributed by atoms with Gasteiger partial charge in [-0.15, -0.1) is 0 Å². The molecular weight excluding hydrogens is 198 g/mol. The Kier molecular flexibility index (Phi) is 4.62. The second-order valence-electron chi connectivity index (χ2n) is 5.39. The number of likely N-dealkylation sites (N-methyl/N-ethyl adjacent to an activating group) is 1. The number of likely N-dealkylation sites (tertiary alicyclic amines) is 2. The van der Waals surface area contributed by atoms with E-state index in [-0.39, 0.29) is 0 Å². The van der Waals surface area contributed by atoms with E-state index in [9.17, 15) is 0 Å². The number of nitrogens with one attached hydrogen (secondary N) is 1. The van der Waals surface area contributed by atoms with Gasteiger partial charge in [0.15, 0.2) is 0 Å². The van der Waals surface area contributed by atoms with Crippen molar-refractivity contribution in [1.82, 2.24) is 15.1 Å². The molecule has 0 radical (unpaired) electrons. The second-order valence-corrected chi connectivity index (χ2v) is 5.39. The fourth-order valence-electron chi connectivity index (χ4n) is 2.99. The molecule has 1 atom stereocenters.